The highest BCUT2D eigenvalue weighted by Gasteiger charge is 2.14. The maximum absolute atomic E-state index is 11.3. The maximum atomic E-state index is 11.3. The molecule has 0 aliphatic heterocycles. The van der Waals surface area contributed by atoms with E-state index in [0.29, 0.717) is 11.6 Å². The summed E-state index contributed by atoms with van der Waals surface area (Å²) in [6.07, 6.45) is 3.18. The normalized spacial score (nSPS) is 10.8. The zero-order valence-electron chi connectivity index (χ0n) is 11.8. The van der Waals surface area contributed by atoms with Crippen molar-refractivity contribution in [2.24, 2.45) is 5.73 Å². The van der Waals surface area contributed by atoms with Crippen molar-refractivity contribution in [3.63, 3.8) is 0 Å². The molecule has 2 aromatic heterocycles. The second-order valence-corrected chi connectivity index (χ2v) is 5.23. The van der Waals surface area contributed by atoms with E-state index in [4.69, 9.17) is 22.1 Å². The van der Waals surface area contributed by atoms with Crippen LogP contribution in [0.5, 0.6) is 5.88 Å². The lowest BCUT2D eigenvalue weighted by molar-refractivity contribution is 0.0997. The van der Waals surface area contributed by atoms with Gasteiger partial charge in [-0.15, -0.1) is 5.10 Å². The topological polar surface area (TPSA) is 83.0 Å². The summed E-state index contributed by atoms with van der Waals surface area (Å²) in [6, 6.07) is 7.69. The highest BCUT2D eigenvalue weighted by Crippen LogP contribution is 2.20. The van der Waals surface area contributed by atoms with Gasteiger partial charge in [-0.05, 0) is 23.8 Å². The fourth-order valence-electron chi connectivity index (χ4n) is 2.24. The summed E-state index contributed by atoms with van der Waals surface area (Å²) in [5.41, 5.74) is 7.41. The van der Waals surface area contributed by atoms with E-state index in [9.17, 15) is 4.79 Å². The van der Waals surface area contributed by atoms with E-state index in [0.717, 1.165) is 16.5 Å². The van der Waals surface area contributed by atoms with Crippen molar-refractivity contribution < 1.29 is 9.53 Å². The number of ether oxygens (including phenoxy) is 1. The number of nitrogens with zero attached hydrogens (tertiary/aromatic N) is 3. The number of rotatable bonds is 4. The molecule has 22 heavy (non-hydrogen) atoms. The van der Waals surface area contributed by atoms with Crippen LogP contribution in [0.4, 0.5) is 0 Å². The lowest BCUT2D eigenvalue weighted by atomic mass is 10.1. The summed E-state index contributed by atoms with van der Waals surface area (Å²) in [4.78, 5) is 15.6. The van der Waals surface area contributed by atoms with Gasteiger partial charge in [0.15, 0.2) is 0 Å². The van der Waals surface area contributed by atoms with Gasteiger partial charge < -0.3 is 10.5 Å². The molecule has 7 heteroatoms. The Morgan fingerprint density at radius 2 is 2.23 bits per heavy atom. The molecular formula is C15H13ClN4O2. The first kappa shape index (κ1) is 14.3. The first-order chi connectivity index (χ1) is 10.6. The number of amides is 1. The number of halogens is 1. The van der Waals surface area contributed by atoms with Gasteiger partial charge in [0.1, 0.15) is 5.56 Å². The fourth-order valence-corrected chi connectivity index (χ4v) is 2.41. The van der Waals surface area contributed by atoms with E-state index < -0.39 is 5.91 Å². The summed E-state index contributed by atoms with van der Waals surface area (Å²) in [5.74, 6) is -0.351. The van der Waals surface area contributed by atoms with Gasteiger partial charge in [0, 0.05) is 17.8 Å². The number of primary amides is 1. The molecule has 6 nitrogen and oxygen atoms in total. The Kier molecular flexibility index (Phi) is 3.68. The first-order valence-electron chi connectivity index (χ1n) is 6.52. The van der Waals surface area contributed by atoms with E-state index in [2.05, 4.69) is 10.1 Å². The summed E-state index contributed by atoms with van der Waals surface area (Å²) in [6.45, 7) is 0.478. The third kappa shape index (κ3) is 2.73. The zero-order valence-corrected chi connectivity index (χ0v) is 12.5. The lowest BCUT2D eigenvalue weighted by Crippen LogP contribution is -2.11. The Hall–Kier alpha value is -2.60. The molecule has 0 aliphatic carbocycles. The Morgan fingerprint density at radius 1 is 1.41 bits per heavy atom. The highest BCUT2D eigenvalue weighted by molar-refractivity contribution is 6.31. The second-order valence-electron chi connectivity index (χ2n) is 4.79. The maximum Gasteiger partial charge on any atom is 0.255 e. The average Bonchev–Trinajstić information content (AvgIpc) is 2.90. The second kappa shape index (κ2) is 5.65. The molecule has 0 spiro atoms. The third-order valence-corrected chi connectivity index (χ3v) is 3.45. The Bertz CT molecular complexity index is 860. The van der Waals surface area contributed by atoms with Crippen LogP contribution in [-0.2, 0) is 6.54 Å². The predicted octanol–water partition coefficient (Wildman–Crippen LogP) is 2.24. The number of methoxy groups -OCH3 is 1. The van der Waals surface area contributed by atoms with Crippen LogP contribution in [0.25, 0.3) is 10.9 Å². The Morgan fingerprint density at radius 3 is 2.91 bits per heavy atom. The number of nitrogens with two attached hydrogens (primary N) is 1. The van der Waals surface area contributed by atoms with Crippen molar-refractivity contribution in [1.82, 2.24) is 14.8 Å². The number of carbonyl (C=O) groups is 1. The quantitative estimate of drug-likeness (QED) is 0.800. The van der Waals surface area contributed by atoms with Gasteiger partial charge >= 0.3 is 0 Å². The summed E-state index contributed by atoms with van der Waals surface area (Å²) >= 11 is 5.96. The van der Waals surface area contributed by atoms with Gasteiger partial charge in [0.05, 0.1) is 24.2 Å². The SMILES string of the molecule is COc1nn(Cc2ccc3ncc(Cl)cc3c2)cc1C(N)=O. The van der Waals surface area contributed by atoms with Crippen LogP contribution >= 0.6 is 11.6 Å². The van der Waals surface area contributed by atoms with E-state index in [1.165, 1.54) is 7.11 Å². The monoisotopic (exact) mass is 316 g/mol. The van der Waals surface area contributed by atoms with Gasteiger partial charge in [0.25, 0.3) is 5.91 Å². The molecule has 0 bridgehead atoms. The lowest BCUT2D eigenvalue weighted by Gasteiger charge is -2.04. The number of aromatic nitrogens is 3. The van der Waals surface area contributed by atoms with Crippen molar-refractivity contribution in [2.75, 3.05) is 7.11 Å². The fraction of sp³-hybridized carbons (Fsp3) is 0.133. The molecule has 0 saturated heterocycles. The van der Waals surface area contributed by atoms with Gasteiger partial charge in [0.2, 0.25) is 5.88 Å². The highest BCUT2D eigenvalue weighted by atomic mass is 35.5. The molecule has 3 rings (SSSR count). The van der Waals surface area contributed by atoms with Gasteiger partial charge in [-0.3, -0.25) is 14.5 Å². The van der Waals surface area contributed by atoms with Crippen LogP contribution in [0.3, 0.4) is 0 Å². The molecule has 0 aliphatic rings. The smallest absolute Gasteiger partial charge is 0.255 e. The first-order valence-corrected chi connectivity index (χ1v) is 6.90. The molecule has 1 amide bonds. The minimum atomic E-state index is -0.572. The van der Waals surface area contributed by atoms with Crippen LogP contribution in [-0.4, -0.2) is 27.8 Å². The van der Waals surface area contributed by atoms with Gasteiger partial charge in [-0.1, -0.05) is 17.7 Å². The van der Waals surface area contributed by atoms with E-state index >= 15 is 0 Å². The molecule has 0 fully saturated rings. The standard InChI is InChI=1S/C15H13ClN4O2/c1-22-15-12(14(17)21)8-20(19-15)7-9-2-3-13-10(4-9)5-11(16)6-18-13/h2-6,8H,7H2,1H3,(H2,17,21). The number of hydrogen-bond donors (Lipinski definition) is 1. The summed E-state index contributed by atoms with van der Waals surface area (Å²) in [7, 11) is 1.45. The summed E-state index contributed by atoms with van der Waals surface area (Å²) < 4.78 is 6.66. The van der Waals surface area contributed by atoms with Crippen molar-refractivity contribution in [1.29, 1.82) is 0 Å². The number of hydrogen-bond acceptors (Lipinski definition) is 4. The van der Waals surface area contributed by atoms with Crippen molar-refractivity contribution in [2.45, 2.75) is 6.54 Å². The largest absolute Gasteiger partial charge is 0.479 e. The molecule has 0 atom stereocenters. The van der Waals surface area contributed by atoms with Crippen molar-refractivity contribution >= 4 is 28.4 Å². The molecule has 3 aromatic rings. The zero-order chi connectivity index (χ0) is 15.7. The van der Waals surface area contributed by atoms with Gasteiger partial charge in [-0.2, -0.15) is 0 Å². The summed E-state index contributed by atoms with van der Waals surface area (Å²) in [5, 5.41) is 5.72. The Labute approximate surface area is 131 Å². The molecule has 112 valence electrons. The van der Waals surface area contributed by atoms with Crippen molar-refractivity contribution in [3.05, 3.63) is 52.8 Å². The number of benzene rings is 1. The average molecular weight is 317 g/mol. The molecule has 1 aromatic carbocycles. The minimum Gasteiger partial charge on any atom is -0.479 e. The van der Waals surface area contributed by atoms with Crippen LogP contribution in [0.2, 0.25) is 5.02 Å². The number of carbonyl (C=O) groups excluding carboxylic acids is 1. The van der Waals surface area contributed by atoms with Crippen LogP contribution in [0.1, 0.15) is 15.9 Å². The van der Waals surface area contributed by atoms with E-state index in [1.54, 1.807) is 17.1 Å². The molecule has 2 N–H and O–H groups in total. The van der Waals surface area contributed by atoms with Crippen LogP contribution in [0.15, 0.2) is 36.7 Å². The molecule has 2 heterocycles. The van der Waals surface area contributed by atoms with Crippen LogP contribution < -0.4 is 10.5 Å². The number of pyridine rings is 1. The van der Waals surface area contributed by atoms with Crippen LogP contribution in [0, 0.1) is 0 Å². The number of fused-ring (bicyclic) bond motifs is 1. The van der Waals surface area contributed by atoms with E-state index in [-0.39, 0.29) is 11.4 Å². The molecule has 0 saturated carbocycles. The minimum absolute atomic E-state index is 0.220. The predicted molar refractivity (Wildman–Crippen MR) is 83.2 cm³/mol. The third-order valence-electron chi connectivity index (χ3n) is 3.24. The molecular weight excluding hydrogens is 304 g/mol. The van der Waals surface area contributed by atoms with Gasteiger partial charge in [-0.25, -0.2) is 0 Å². The Balaban J connectivity index is 1.94. The van der Waals surface area contributed by atoms with Crippen molar-refractivity contribution in [3.8, 4) is 5.88 Å². The van der Waals surface area contributed by atoms with E-state index in [1.807, 2.05) is 24.3 Å². The molecule has 0 radical (unpaired) electrons. The molecule has 0 unspecified atom stereocenters.